The van der Waals surface area contributed by atoms with Gasteiger partial charge in [-0.3, -0.25) is 0 Å². The Bertz CT molecular complexity index is 671. The van der Waals surface area contributed by atoms with Crippen molar-refractivity contribution in [1.82, 2.24) is 9.55 Å². The summed E-state index contributed by atoms with van der Waals surface area (Å²) in [5, 5.41) is 7.84. The summed E-state index contributed by atoms with van der Waals surface area (Å²) in [4.78, 5) is 3.68. The molecule has 0 saturated carbocycles. The Morgan fingerprint density at radius 1 is 1.40 bits per heavy atom. The summed E-state index contributed by atoms with van der Waals surface area (Å²) >= 11 is 0. The summed E-state index contributed by atoms with van der Waals surface area (Å²) < 4.78 is 37.7. The predicted molar refractivity (Wildman–Crippen MR) is 73.1 cm³/mol. The SMILES string of the molecule is NS(=O)(=O)c1ccc(NCCCn2ccnc2)c(F)c1. The van der Waals surface area contributed by atoms with Crippen LogP contribution in [0.25, 0.3) is 0 Å². The zero-order valence-electron chi connectivity index (χ0n) is 10.7. The van der Waals surface area contributed by atoms with Gasteiger partial charge in [-0.1, -0.05) is 0 Å². The van der Waals surface area contributed by atoms with Gasteiger partial charge in [-0.15, -0.1) is 0 Å². The molecule has 0 spiro atoms. The lowest BCUT2D eigenvalue weighted by molar-refractivity contribution is 0.592. The number of aryl methyl sites for hydroxylation is 1. The van der Waals surface area contributed by atoms with Crippen LogP contribution in [0, 0.1) is 5.82 Å². The van der Waals surface area contributed by atoms with Crippen LogP contribution in [0.15, 0.2) is 41.8 Å². The van der Waals surface area contributed by atoms with Crippen molar-refractivity contribution < 1.29 is 12.8 Å². The Morgan fingerprint density at radius 3 is 2.80 bits per heavy atom. The molecule has 0 aliphatic rings. The molecule has 0 atom stereocenters. The number of rotatable bonds is 6. The molecule has 0 amide bonds. The highest BCUT2D eigenvalue weighted by Gasteiger charge is 2.11. The predicted octanol–water partition coefficient (Wildman–Crippen LogP) is 1.17. The molecule has 1 heterocycles. The summed E-state index contributed by atoms with van der Waals surface area (Å²) in [6.45, 7) is 1.33. The van der Waals surface area contributed by atoms with Gasteiger partial charge in [0.1, 0.15) is 5.82 Å². The van der Waals surface area contributed by atoms with Crippen LogP contribution in [0.5, 0.6) is 0 Å². The Balaban J connectivity index is 1.90. The van der Waals surface area contributed by atoms with Gasteiger partial charge in [0.25, 0.3) is 0 Å². The van der Waals surface area contributed by atoms with Crippen LogP contribution < -0.4 is 10.5 Å². The molecule has 2 rings (SSSR count). The lowest BCUT2D eigenvalue weighted by Gasteiger charge is -2.09. The van der Waals surface area contributed by atoms with E-state index >= 15 is 0 Å². The van der Waals surface area contributed by atoms with Crippen molar-refractivity contribution in [2.45, 2.75) is 17.9 Å². The summed E-state index contributed by atoms with van der Waals surface area (Å²) in [5.41, 5.74) is 0.253. The van der Waals surface area contributed by atoms with Crippen LogP contribution in [0.2, 0.25) is 0 Å². The third kappa shape index (κ3) is 3.78. The first-order valence-corrected chi connectivity index (χ1v) is 7.53. The Hall–Kier alpha value is -1.93. The van der Waals surface area contributed by atoms with E-state index in [4.69, 9.17) is 5.14 Å². The van der Waals surface area contributed by atoms with Gasteiger partial charge in [-0.25, -0.2) is 22.9 Å². The van der Waals surface area contributed by atoms with Gasteiger partial charge in [0.2, 0.25) is 10.0 Å². The van der Waals surface area contributed by atoms with Crippen molar-refractivity contribution in [3.63, 3.8) is 0 Å². The fourth-order valence-electron chi connectivity index (χ4n) is 1.72. The summed E-state index contributed by atoms with van der Waals surface area (Å²) in [5.74, 6) is -0.640. The summed E-state index contributed by atoms with van der Waals surface area (Å²) in [6.07, 6.45) is 6.04. The molecule has 1 aromatic heterocycles. The molecule has 3 N–H and O–H groups in total. The minimum atomic E-state index is -3.87. The number of nitrogens with one attached hydrogen (secondary N) is 1. The van der Waals surface area contributed by atoms with Crippen molar-refractivity contribution in [3.8, 4) is 0 Å². The normalized spacial score (nSPS) is 11.5. The Labute approximate surface area is 116 Å². The van der Waals surface area contributed by atoms with Crippen molar-refractivity contribution in [1.29, 1.82) is 0 Å². The average molecular weight is 298 g/mol. The van der Waals surface area contributed by atoms with E-state index in [0.717, 1.165) is 19.0 Å². The molecule has 0 saturated heterocycles. The van der Waals surface area contributed by atoms with Crippen LogP contribution in [0.3, 0.4) is 0 Å². The number of aromatic nitrogens is 2. The number of primary sulfonamides is 1. The number of halogens is 1. The molecule has 0 fully saturated rings. The van der Waals surface area contributed by atoms with Gasteiger partial charge in [-0.2, -0.15) is 0 Å². The van der Waals surface area contributed by atoms with Crippen LogP contribution in [-0.2, 0) is 16.6 Å². The summed E-state index contributed by atoms with van der Waals surface area (Å²) in [6, 6.07) is 3.55. The molecule has 20 heavy (non-hydrogen) atoms. The van der Waals surface area contributed by atoms with Gasteiger partial charge in [0, 0.05) is 25.5 Å². The maximum absolute atomic E-state index is 13.7. The number of nitrogens with two attached hydrogens (primary N) is 1. The average Bonchev–Trinajstić information content (AvgIpc) is 2.88. The number of nitrogens with zero attached hydrogens (tertiary/aromatic N) is 2. The Morgan fingerprint density at radius 2 is 2.20 bits per heavy atom. The molecule has 0 bridgehead atoms. The van der Waals surface area contributed by atoms with Crippen molar-refractivity contribution >= 4 is 15.7 Å². The molecule has 108 valence electrons. The molecule has 8 heteroatoms. The van der Waals surface area contributed by atoms with E-state index in [1.54, 1.807) is 12.5 Å². The lowest BCUT2D eigenvalue weighted by Crippen LogP contribution is -2.13. The number of hydrogen-bond acceptors (Lipinski definition) is 4. The van der Waals surface area contributed by atoms with Gasteiger partial charge in [0.15, 0.2) is 0 Å². The zero-order chi connectivity index (χ0) is 14.6. The topological polar surface area (TPSA) is 90.0 Å². The van der Waals surface area contributed by atoms with Crippen LogP contribution in [-0.4, -0.2) is 24.5 Å². The highest BCUT2D eigenvalue weighted by atomic mass is 32.2. The molecule has 0 unspecified atom stereocenters. The highest BCUT2D eigenvalue weighted by Crippen LogP contribution is 2.18. The van der Waals surface area contributed by atoms with Gasteiger partial charge >= 0.3 is 0 Å². The van der Waals surface area contributed by atoms with Crippen molar-refractivity contribution in [2.24, 2.45) is 5.14 Å². The highest BCUT2D eigenvalue weighted by molar-refractivity contribution is 7.89. The van der Waals surface area contributed by atoms with E-state index in [1.807, 2.05) is 10.8 Å². The molecule has 2 aromatic rings. The summed E-state index contributed by atoms with van der Waals surface area (Å²) in [7, 11) is -3.87. The van der Waals surface area contributed by atoms with Crippen molar-refractivity contribution in [2.75, 3.05) is 11.9 Å². The smallest absolute Gasteiger partial charge is 0.238 e. The first-order chi connectivity index (χ1) is 9.47. The quantitative estimate of drug-likeness (QED) is 0.783. The minimum Gasteiger partial charge on any atom is -0.383 e. The molecule has 0 aliphatic heterocycles. The van der Waals surface area contributed by atoms with E-state index in [-0.39, 0.29) is 10.6 Å². The monoisotopic (exact) mass is 298 g/mol. The van der Waals surface area contributed by atoms with Gasteiger partial charge in [-0.05, 0) is 24.6 Å². The number of anilines is 1. The lowest BCUT2D eigenvalue weighted by atomic mass is 10.3. The Kier molecular flexibility index (Phi) is 4.35. The number of benzene rings is 1. The number of sulfonamides is 1. The minimum absolute atomic E-state index is 0.237. The number of hydrogen-bond donors (Lipinski definition) is 2. The van der Waals surface area contributed by atoms with E-state index in [9.17, 15) is 12.8 Å². The second-order valence-electron chi connectivity index (χ2n) is 4.27. The number of imidazole rings is 1. The molecular weight excluding hydrogens is 283 g/mol. The second-order valence-corrected chi connectivity index (χ2v) is 5.83. The maximum atomic E-state index is 13.7. The molecule has 1 aromatic carbocycles. The van der Waals surface area contributed by atoms with Crippen LogP contribution >= 0.6 is 0 Å². The van der Waals surface area contributed by atoms with E-state index < -0.39 is 15.8 Å². The molecule has 0 radical (unpaired) electrons. The maximum Gasteiger partial charge on any atom is 0.238 e. The van der Waals surface area contributed by atoms with Gasteiger partial charge < -0.3 is 9.88 Å². The van der Waals surface area contributed by atoms with E-state index in [1.165, 1.54) is 12.1 Å². The fraction of sp³-hybridized carbons (Fsp3) is 0.250. The largest absolute Gasteiger partial charge is 0.383 e. The van der Waals surface area contributed by atoms with Crippen LogP contribution in [0.1, 0.15) is 6.42 Å². The van der Waals surface area contributed by atoms with E-state index in [2.05, 4.69) is 10.3 Å². The van der Waals surface area contributed by atoms with Crippen molar-refractivity contribution in [3.05, 3.63) is 42.7 Å². The first kappa shape index (κ1) is 14.5. The third-order valence-corrected chi connectivity index (χ3v) is 3.65. The molecule has 0 aliphatic carbocycles. The first-order valence-electron chi connectivity index (χ1n) is 5.99. The molecule has 6 nitrogen and oxygen atoms in total. The van der Waals surface area contributed by atoms with E-state index in [0.29, 0.717) is 6.54 Å². The zero-order valence-corrected chi connectivity index (χ0v) is 11.5. The van der Waals surface area contributed by atoms with Gasteiger partial charge in [0.05, 0.1) is 16.9 Å². The standard InChI is InChI=1S/C12H15FN4O2S/c13-11-8-10(20(14,18)19)2-3-12(11)16-4-1-6-17-7-5-15-9-17/h2-3,5,7-9,16H,1,4,6H2,(H2,14,18,19). The second kappa shape index (κ2) is 6.02. The fourth-order valence-corrected chi connectivity index (χ4v) is 2.25. The third-order valence-electron chi connectivity index (χ3n) is 2.74. The van der Waals surface area contributed by atoms with Crippen LogP contribution in [0.4, 0.5) is 10.1 Å². The molecular formula is C12H15FN4O2S.